The lowest BCUT2D eigenvalue weighted by molar-refractivity contribution is -0.138. The quantitative estimate of drug-likeness (QED) is 0.776. The van der Waals surface area contributed by atoms with Gasteiger partial charge < -0.3 is 15.2 Å². The number of hydrogen-bond donors (Lipinski definition) is 2. The van der Waals surface area contributed by atoms with E-state index < -0.39 is 11.9 Å². The number of carbonyl (C=O) groups is 3. The Hall–Kier alpha value is -2.37. The number of methoxy groups -OCH3 is 1. The average molecular weight is 279 g/mol. The number of aliphatic carboxylic acids is 1. The van der Waals surface area contributed by atoms with Crippen molar-refractivity contribution < 1.29 is 24.2 Å². The molecule has 6 nitrogen and oxygen atoms in total. The molecule has 1 unspecified atom stereocenters. The highest BCUT2D eigenvalue weighted by molar-refractivity contribution is 5.93. The summed E-state index contributed by atoms with van der Waals surface area (Å²) >= 11 is 0. The predicted octanol–water partition coefficient (Wildman–Crippen LogP) is 1.91. The van der Waals surface area contributed by atoms with Crippen LogP contribution in [0.25, 0.3) is 0 Å². The molecule has 2 N–H and O–H groups in total. The molecule has 0 heterocycles. The third kappa shape index (κ3) is 5.09. The van der Waals surface area contributed by atoms with E-state index in [2.05, 4.69) is 10.1 Å². The molecule has 0 aliphatic heterocycles. The van der Waals surface area contributed by atoms with Crippen LogP contribution in [0, 0.1) is 5.92 Å². The number of carboxylic acid groups (broad SMARTS) is 1. The lowest BCUT2D eigenvalue weighted by Crippen LogP contribution is -2.17. The summed E-state index contributed by atoms with van der Waals surface area (Å²) in [6.07, 6.45) is 0.0831. The number of esters is 1. The van der Waals surface area contributed by atoms with Crippen LogP contribution in [0.5, 0.6) is 0 Å². The molecular weight excluding hydrogens is 262 g/mol. The summed E-state index contributed by atoms with van der Waals surface area (Å²) in [4.78, 5) is 33.4. The molecule has 1 rings (SSSR count). The van der Waals surface area contributed by atoms with Crippen molar-refractivity contribution in [2.45, 2.75) is 19.8 Å². The van der Waals surface area contributed by atoms with Gasteiger partial charge in [0.15, 0.2) is 0 Å². The van der Waals surface area contributed by atoms with Crippen LogP contribution in [0.15, 0.2) is 24.3 Å². The number of anilines is 1. The van der Waals surface area contributed by atoms with Gasteiger partial charge in [0, 0.05) is 18.5 Å². The predicted molar refractivity (Wildman–Crippen MR) is 72.4 cm³/mol. The summed E-state index contributed by atoms with van der Waals surface area (Å²) < 4.78 is 4.56. The van der Waals surface area contributed by atoms with Gasteiger partial charge in [-0.1, -0.05) is 6.92 Å². The maximum absolute atomic E-state index is 11.7. The molecule has 6 heteroatoms. The Morgan fingerprint density at radius 3 is 2.30 bits per heavy atom. The van der Waals surface area contributed by atoms with E-state index in [4.69, 9.17) is 5.11 Å². The van der Waals surface area contributed by atoms with Crippen LogP contribution in [0.4, 0.5) is 5.69 Å². The van der Waals surface area contributed by atoms with E-state index in [1.807, 2.05) is 0 Å². The van der Waals surface area contributed by atoms with Crippen molar-refractivity contribution in [2.75, 3.05) is 12.4 Å². The van der Waals surface area contributed by atoms with Gasteiger partial charge in [-0.15, -0.1) is 0 Å². The van der Waals surface area contributed by atoms with E-state index in [1.54, 1.807) is 31.2 Å². The molecule has 0 saturated heterocycles. The normalized spacial score (nSPS) is 11.5. The Balaban J connectivity index is 2.54. The van der Waals surface area contributed by atoms with Crippen LogP contribution in [-0.2, 0) is 14.3 Å². The van der Waals surface area contributed by atoms with Crippen LogP contribution in [-0.4, -0.2) is 30.1 Å². The van der Waals surface area contributed by atoms with Crippen LogP contribution >= 0.6 is 0 Å². The van der Waals surface area contributed by atoms with Crippen molar-refractivity contribution in [3.63, 3.8) is 0 Å². The molecule has 0 aromatic heterocycles. The molecule has 1 amide bonds. The third-order valence-corrected chi connectivity index (χ3v) is 2.65. The topological polar surface area (TPSA) is 92.7 Å². The molecule has 0 spiro atoms. The highest BCUT2D eigenvalue weighted by atomic mass is 16.5. The SMILES string of the molecule is COC(=O)c1ccc(NC(=O)CC(C)CC(=O)O)cc1. The first-order valence-electron chi connectivity index (χ1n) is 6.12. The largest absolute Gasteiger partial charge is 0.481 e. The van der Waals surface area contributed by atoms with Gasteiger partial charge in [-0.25, -0.2) is 4.79 Å². The lowest BCUT2D eigenvalue weighted by atomic mass is 10.0. The highest BCUT2D eigenvalue weighted by Gasteiger charge is 2.13. The standard InChI is InChI=1S/C14H17NO5/c1-9(8-13(17)18)7-12(16)15-11-5-3-10(4-6-11)14(19)20-2/h3-6,9H,7-8H2,1-2H3,(H,15,16)(H,17,18). The summed E-state index contributed by atoms with van der Waals surface area (Å²) in [5, 5.41) is 11.3. The number of hydrogen-bond acceptors (Lipinski definition) is 4. The van der Waals surface area contributed by atoms with Crippen LogP contribution in [0.2, 0.25) is 0 Å². The third-order valence-electron chi connectivity index (χ3n) is 2.65. The molecule has 0 saturated carbocycles. The second-order valence-corrected chi connectivity index (χ2v) is 4.52. The number of benzene rings is 1. The molecule has 20 heavy (non-hydrogen) atoms. The summed E-state index contributed by atoms with van der Waals surface area (Å²) in [6.45, 7) is 1.70. The van der Waals surface area contributed by atoms with Crippen molar-refractivity contribution in [3.05, 3.63) is 29.8 Å². The van der Waals surface area contributed by atoms with Gasteiger partial charge in [0.1, 0.15) is 0 Å². The summed E-state index contributed by atoms with van der Waals surface area (Å²) in [7, 11) is 1.29. The number of ether oxygens (including phenoxy) is 1. The van der Waals surface area contributed by atoms with Gasteiger partial charge in [0.05, 0.1) is 12.7 Å². The maximum atomic E-state index is 11.7. The van der Waals surface area contributed by atoms with Crippen molar-refractivity contribution in [1.82, 2.24) is 0 Å². The molecule has 0 fully saturated rings. The number of carboxylic acids is 1. The van der Waals surface area contributed by atoms with Crippen molar-refractivity contribution in [2.24, 2.45) is 5.92 Å². The highest BCUT2D eigenvalue weighted by Crippen LogP contribution is 2.13. The van der Waals surface area contributed by atoms with Gasteiger partial charge in [-0.05, 0) is 30.2 Å². The Morgan fingerprint density at radius 2 is 1.80 bits per heavy atom. The van der Waals surface area contributed by atoms with Gasteiger partial charge in [-0.3, -0.25) is 9.59 Å². The van der Waals surface area contributed by atoms with Gasteiger partial charge in [-0.2, -0.15) is 0 Å². The average Bonchev–Trinajstić information content (AvgIpc) is 2.37. The summed E-state index contributed by atoms with van der Waals surface area (Å²) in [6, 6.07) is 6.27. The molecule has 0 radical (unpaired) electrons. The number of rotatable bonds is 6. The second kappa shape index (κ2) is 7.28. The summed E-state index contributed by atoms with van der Waals surface area (Å²) in [5.74, 6) is -1.86. The number of amides is 1. The van der Waals surface area contributed by atoms with E-state index in [0.29, 0.717) is 11.3 Å². The first-order chi connectivity index (χ1) is 9.42. The Kier molecular flexibility index (Phi) is 5.71. The lowest BCUT2D eigenvalue weighted by Gasteiger charge is -2.09. The van der Waals surface area contributed by atoms with Crippen molar-refractivity contribution in [1.29, 1.82) is 0 Å². The van der Waals surface area contributed by atoms with Gasteiger partial charge >= 0.3 is 11.9 Å². The minimum atomic E-state index is -0.923. The van der Waals surface area contributed by atoms with E-state index in [-0.39, 0.29) is 24.7 Å². The molecule has 0 bridgehead atoms. The van der Waals surface area contributed by atoms with Crippen molar-refractivity contribution >= 4 is 23.5 Å². The van der Waals surface area contributed by atoms with Gasteiger partial charge in [0.2, 0.25) is 5.91 Å². The summed E-state index contributed by atoms with van der Waals surface area (Å²) in [5.41, 5.74) is 0.940. The van der Waals surface area contributed by atoms with Crippen LogP contribution in [0.3, 0.4) is 0 Å². The van der Waals surface area contributed by atoms with E-state index >= 15 is 0 Å². The maximum Gasteiger partial charge on any atom is 0.337 e. The first kappa shape index (κ1) is 15.7. The fraction of sp³-hybridized carbons (Fsp3) is 0.357. The molecule has 1 aromatic carbocycles. The molecule has 1 atom stereocenters. The Bertz CT molecular complexity index is 495. The fourth-order valence-electron chi connectivity index (χ4n) is 1.71. The zero-order valence-corrected chi connectivity index (χ0v) is 11.4. The molecule has 0 aliphatic rings. The zero-order chi connectivity index (χ0) is 15.1. The smallest absolute Gasteiger partial charge is 0.337 e. The minimum Gasteiger partial charge on any atom is -0.481 e. The van der Waals surface area contributed by atoms with E-state index in [0.717, 1.165) is 0 Å². The van der Waals surface area contributed by atoms with Crippen LogP contribution < -0.4 is 5.32 Å². The Labute approximate surface area is 116 Å². The minimum absolute atomic E-state index is 0.0469. The van der Waals surface area contributed by atoms with E-state index in [9.17, 15) is 14.4 Å². The van der Waals surface area contributed by atoms with Crippen molar-refractivity contribution in [3.8, 4) is 0 Å². The second-order valence-electron chi connectivity index (χ2n) is 4.52. The zero-order valence-electron chi connectivity index (χ0n) is 11.4. The number of carbonyl (C=O) groups excluding carboxylic acids is 2. The monoisotopic (exact) mass is 279 g/mol. The van der Waals surface area contributed by atoms with Gasteiger partial charge in [0.25, 0.3) is 0 Å². The molecule has 0 aliphatic carbocycles. The first-order valence-corrected chi connectivity index (χ1v) is 6.12. The Morgan fingerprint density at radius 1 is 1.20 bits per heavy atom. The van der Waals surface area contributed by atoms with E-state index in [1.165, 1.54) is 7.11 Å². The number of nitrogens with one attached hydrogen (secondary N) is 1. The van der Waals surface area contributed by atoms with Crippen LogP contribution in [0.1, 0.15) is 30.1 Å². The molecule has 108 valence electrons. The fourth-order valence-corrected chi connectivity index (χ4v) is 1.71. The molecule has 1 aromatic rings. The molecular formula is C14H17NO5.